The highest BCUT2D eigenvalue weighted by atomic mass is 16.5. The molecule has 6 nitrogen and oxygen atoms in total. The average molecular weight is 407 g/mol. The normalized spacial score (nSPS) is 14.8. The molecule has 1 aliphatic heterocycles. The van der Waals surface area contributed by atoms with Crippen molar-refractivity contribution >= 4 is 5.97 Å². The Morgan fingerprint density at radius 3 is 2.60 bits per heavy atom. The molecule has 2 heterocycles. The van der Waals surface area contributed by atoms with E-state index in [1.165, 1.54) is 0 Å². The fourth-order valence-electron chi connectivity index (χ4n) is 3.94. The number of carbonyl (C=O) groups is 1. The molecule has 1 N–H and O–H groups in total. The first-order valence-electron chi connectivity index (χ1n) is 9.90. The molecule has 0 radical (unpaired) electrons. The first-order chi connectivity index (χ1) is 14.5. The fraction of sp³-hybridized carbons (Fsp3) is 0.292. The number of carboxylic acid groups (broad SMARTS) is 1. The Bertz CT molecular complexity index is 1070. The number of aromatic nitrogens is 1. The van der Waals surface area contributed by atoms with Gasteiger partial charge in [-0.25, -0.2) is 0 Å². The monoisotopic (exact) mass is 407 g/mol. The van der Waals surface area contributed by atoms with Crippen LogP contribution in [0.4, 0.5) is 0 Å². The predicted octanol–water partition coefficient (Wildman–Crippen LogP) is 4.63. The third-order valence-electron chi connectivity index (χ3n) is 5.45. The summed E-state index contributed by atoms with van der Waals surface area (Å²) >= 11 is 0. The molecule has 1 aliphatic rings. The molecule has 0 bridgehead atoms. The molecule has 156 valence electrons. The third-order valence-corrected chi connectivity index (χ3v) is 5.45. The number of carboxylic acids is 1. The second-order valence-corrected chi connectivity index (χ2v) is 7.55. The van der Waals surface area contributed by atoms with Crippen molar-refractivity contribution in [3.05, 3.63) is 71.0 Å². The van der Waals surface area contributed by atoms with Crippen LogP contribution in [0.25, 0.3) is 5.69 Å². The quantitative estimate of drug-likeness (QED) is 0.618. The highest BCUT2D eigenvalue weighted by Crippen LogP contribution is 2.38. The van der Waals surface area contributed by atoms with E-state index in [0.29, 0.717) is 24.7 Å². The SMILES string of the molecule is COc1ccc(COc2ccc3c(c2)OCC3CC(=O)O)cc1-n1c(C)ccc1C. The summed E-state index contributed by atoms with van der Waals surface area (Å²) in [4.78, 5) is 11.0. The van der Waals surface area contributed by atoms with Gasteiger partial charge in [-0.3, -0.25) is 4.79 Å². The van der Waals surface area contributed by atoms with E-state index in [-0.39, 0.29) is 12.3 Å². The van der Waals surface area contributed by atoms with Gasteiger partial charge in [-0.15, -0.1) is 0 Å². The lowest BCUT2D eigenvalue weighted by atomic mass is 9.98. The topological polar surface area (TPSA) is 69.9 Å². The lowest BCUT2D eigenvalue weighted by Crippen LogP contribution is -2.07. The van der Waals surface area contributed by atoms with Crippen LogP contribution in [-0.4, -0.2) is 29.4 Å². The highest BCUT2D eigenvalue weighted by molar-refractivity contribution is 5.68. The van der Waals surface area contributed by atoms with Crippen LogP contribution in [0.3, 0.4) is 0 Å². The Morgan fingerprint density at radius 2 is 1.90 bits per heavy atom. The Balaban J connectivity index is 1.52. The number of benzene rings is 2. The van der Waals surface area contributed by atoms with Crippen LogP contribution < -0.4 is 14.2 Å². The number of aliphatic carboxylic acids is 1. The molecule has 0 aliphatic carbocycles. The van der Waals surface area contributed by atoms with Gasteiger partial charge in [-0.05, 0) is 49.7 Å². The van der Waals surface area contributed by atoms with Gasteiger partial charge < -0.3 is 23.9 Å². The van der Waals surface area contributed by atoms with Crippen molar-refractivity contribution in [2.45, 2.75) is 32.8 Å². The lowest BCUT2D eigenvalue weighted by molar-refractivity contribution is -0.137. The summed E-state index contributed by atoms with van der Waals surface area (Å²) in [5.74, 6) is 1.27. The van der Waals surface area contributed by atoms with Crippen molar-refractivity contribution in [3.63, 3.8) is 0 Å². The minimum absolute atomic E-state index is 0.0695. The van der Waals surface area contributed by atoms with Gasteiger partial charge in [0, 0.05) is 28.9 Å². The van der Waals surface area contributed by atoms with Gasteiger partial charge in [0.15, 0.2) is 0 Å². The zero-order valence-corrected chi connectivity index (χ0v) is 17.3. The fourth-order valence-corrected chi connectivity index (χ4v) is 3.94. The van der Waals surface area contributed by atoms with E-state index in [1.807, 2.05) is 30.3 Å². The van der Waals surface area contributed by atoms with E-state index in [9.17, 15) is 4.79 Å². The van der Waals surface area contributed by atoms with Gasteiger partial charge in [0.25, 0.3) is 0 Å². The smallest absolute Gasteiger partial charge is 0.304 e. The van der Waals surface area contributed by atoms with Crippen molar-refractivity contribution in [2.75, 3.05) is 13.7 Å². The van der Waals surface area contributed by atoms with Gasteiger partial charge in [0.1, 0.15) is 23.9 Å². The summed E-state index contributed by atoms with van der Waals surface area (Å²) in [6.07, 6.45) is 0.0695. The Kier molecular flexibility index (Phi) is 5.40. The van der Waals surface area contributed by atoms with E-state index in [2.05, 4.69) is 36.6 Å². The van der Waals surface area contributed by atoms with E-state index >= 15 is 0 Å². The number of ether oxygens (including phenoxy) is 3. The maximum Gasteiger partial charge on any atom is 0.304 e. The number of methoxy groups -OCH3 is 1. The number of rotatable bonds is 7. The van der Waals surface area contributed by atoms with Gasteiger partial charge in [-0.1, -0.05) is 12.1 Å². The van der Waals surface area contributed by atoms with Crippen molar-refractivity contribution in [1.82, 2.24) is 4.57 Å². The van der Waals surface area contributed by atoms with Gasteiger partial charge in [0.2, 0.25) is 0 Å². The average Bonchev–Trinajstić information content (AvgIpc) is 3.28. The summed E-state index contributed by atoms with van der Waals surface area (Å²) in [6.45, 7) is 4.92. The van der Waals surface area contributed by atoms with Crippen LogP contribution in [0.1, 0.15) is 34.9 Å². The van der Waals surface area contributed by atoms with Crippen LogP contribution in [0.5, 0.6) is 17.2 Å². The van der Waals surface area contributed by atoms with Crippen molar-refractivity contribution < 1.29 is 24.1 Å². The zero-order chi connectivity index (χ0) is 21.3. The molecular weight excluding hydrogens is 382 g/mol. The first-order valence-corrected chi connectivity index (χ1v) is 9.90. The van der Waals surface area contributed by atoms with Crippen molar-refractivity contribution in [2.24, 2.45) is 0 Å². The Morgan fingerprint density at radius 1 is 1.13 bits per heavy atom. The van der Waals surface area contributed by atoms with E-state index in [0.717, 1.165) is 34.0 Å². The molecule has 3 aromatic rings. The largest absolute Gasteiger partial charge is 0.495 e. The summed E-state index contributed by atoms with van der Waals surface area (Å²) in [5.41, 5.74) is 5.19. The number of fused-ring (bicyclic) bond motifs is 1. The summed E-state index contributed by atoms with van der Waals surface area (Å²) < 4.78 is 19.4. The van der Waals surface area contributed by atoms with Crippen LogP contribution in [0.2, 0.25) is 0 Å². The molecule has 0 saturated heterocycles. The maximum atomic E-state index is 11.0. The van der Waals surface area contributed by atoms with Gasteiger partial charge >= 0.3 is 5.97 Å². The molecule has 1 aromatic heterocycles. The molecule has 0 spiro atoms. The molecule has 4 rings (SSSR count). The van der Waals surface area contributed by atoms with E-state index in [4.69, 9.17) is 19.3 Å². The Hall–Kier alpha value is -3.41. The van der Waals surface area contributed by atoms with Crippen LogP contribution in [-0.2, 0) is 11.4 Å². The number of nitrogens with zero attached hydrogens (tertiary/aromatic N) is 1. The second kappa shape index (κ2) is 8.14. The molecular formula is C24H25NO5. The summed E-state index contributed by atoms with van der Waals surface area (Å²) in [5, 5.41) is 9.04. The third kappa shape index (κ3) is 3.85. The van der Waals surface area contributed by atoms with Crippen LogP contribution >= 0.6 is 0 Å². The molecule has 2 aromatic carbocycles. The lowest BCUT2D eigenvalue weighted by Gasteiger charge is -2.16. The minimum Gasteiger partial charge on any atom is -0.495 e. The number of aryl methyl sites for hydroxylation is 2. The second-order valence-electron chi connectivity index (χ2n) is 7.55. The number of hydrogen-bond donors (Lipinski definition) is 1. The molecule has 0 fully saturated rings. The molecule has 0 amide bonds. The molecule has 30 heavy (non-hydrogen) atoms. The van der Waals surface area contributed by atoms with Gasteiger partial charge in [0.05, 0.1) is 25.8 Å². The summed E-state index contributed by atoms with van der Waals surface area (Å²) in [6, 6.07) is 15.8. The van der Waals surface area contributed by atoms with Crippen LogP contribution in [0.15, 0.2) is 48.5 Å². The standard InChI is InChI=1S/C24H25NO5/c1-15-4-5-16(2)25(15)21-10-17(6-9-22(21)28-3)13-29-19-7-8-20-18(11-24(26)27)14-30-23(20)12-19/h4-10,12,18H,11,13-14H2,1-3H3,(H,26,27). The molecule has 1 unspecified atom stereocenters. The van der Waals surface area contributed by atoms with E-state index < -0.39 is 5.97 Å². The Labute approximate surface area is 175 Å². The van der Waals surface area contributed by atoms with Crippen molar-refractivity contribution in [1.29, 1.82) is 0 Å². The van der Waals surface area contributed by atoms with Crippen LogP contribution in [0, 0.1) is 13.8 Å². The van der Waals surface area contributed by atoms with Gasteiger partial charge in [-0.2, -0.15) is 0 Å². The zero-order valence-electron chi connectivity index (χ0n) is 17.3. The van der Waals surface area contributed by atoms with E-state index in [1.54, 1.807) is 7.11 Å². The maximum absolute atomic E-state index is 11.0. The predicted molar refractivity (Wildman–Crippen MR) is 113 cm³/mol. The minimum atomic E-state index is -0.819. The van der Waals surface area contributed by atoms with Crippen molar-refractivity contribution in [3.8, 4) is 22.9 Å². The summed E-state index contributed by atoms with van der Waals surface area (Å²) in [7, 11) is 1.67. The molecule has 6 heteroatoms. The number of hydrogen-bond acceptors (Lipinski definition) is 4. The molecule has 0 saturated carbocycles. The first kappa shape index (κ1) is 19.9. The highest BCUT2D eigenvalue weighted by Gasteiger charge is 2.26. The molecule has 1 atom stereocenters.